The lowest BCUT2D eigenvalue weighted by atomic mass is 10.2. The summed E-state index contributed by atoms with van der Waals surface area (Å²) in [6, 6.07) is 3.69. The Morgan fingerprint density at radius 1 is 1.36 bits per heavy atom. The van der Waals surface area contributed by atoms with Crippen LogP contribution in [-0.2, 0) is 6.61 Å². The maximum atomic E-state index is 5.76. The summed E-state index contributed by atoms with van der Waals surface area (Å²) in [5.74, 6) is 1.86. The van der Waals surface area contributed by atoms with Gasteiger partial charge in [-0.15, -0.1) is 0 Å². The molecule has 0 atom stereocenters. The first kappa shape index (κ1) is 15.9. The van der Waals surface area contributed by atoms with Crippen LogP contribution in [0.4, 0.5) is 5.82 Å². The first-order valence-electron chi connectivity index (χ1n) is 7.46. The zero-order valence-corrected chi connectivity index (χ0v) is 12.8. The summed E-state index contributed by atoms with van der Waals surface area (Å²) >= 11 is 0. The van der Waals surface area contributed by atoms with Crippen molar-refractivity contribution in [3.8, 4) is 5.75 Å². The largest absolute Gasteiger partial charge is 0.482 e. The summed E-state index contributed by atoms with van der Waals surface area (Å²) in [7, 11) is 0. The highest BCUT2D eigenvalue weighted by Crippen LogP contribution is 2.22. The Morgan fingerprint density at radius 3 is 3.00 bits per heavy atom. The molecule has 0 spiro atoms. The highest BCUT2D eigenvalue weighted by Gasteiger charge is 2.08. The summed E-state index contributed by atoms with van der Waals surface area (Å²) < 4.78 is 5.76. The first-order valence-corrected chi connectivity index (χ1v) is 7.46. The third-order valence-electron chi connectivity index (χ3n) is 3.03. The van der Waals surface area contributed by atoms with Gasteiger partial charge in [0.05, 0.1) is 6.20 Å². The molecule has 1 N–H and O–H groups in total. The van der Waals surface area contributed by atoms with Gasteiger partial charge in [0, 0.05) is 12.7 Å². The second kappa shape index (κ2) is 8.71. The van der Waals surface area contributed by atoms with Gasteiger partial charge in [-0.2, -0.15) is 10.2 Å². The summed E-state index contributed by atoms with van der Waals surface area (Å²) in [5, 5.41) is 11.1. The minimum atomic E-state index is 0.328. The molecule has 2 rings (SSSR count). The third kappa shape index (κ3) is 4.80. The molecule has 0 aliphatic rings. The molecule has 0 saturated heterocycles. The molecule has 0 aliphatic carbocycles. The van der Waals surface area contributed by atoms with E-state index in [4.69, 9.17) is 4.74 Å². The summed E-state index contributed by atoms with van der Waals surface area (Å²) in [5.41, 5.74) is 0.757. The van der Waals surface area contributed by atoms with Gasteiger partial charge in [0.25, 0.3) is 0 Å². The Hall–Kier alpha value is -2.50. The summed E-state index contributed by atoms with van der Waals surface area (Å²) in [6.45, 7) is 7.05. The molecule has 0 unspecified atom stereocenters. The third-order valence-corrected chi connectivity index (χ3v) is 3.03. The number of rotatable bonds is 9. The SMILES string of the molecule is C=Cc1ncc(OCc2cccnn2)c(NCCCCC)n1. The second-order valence-corrected chi connectivity index (χ2v) is 4.78. The molecule has 2 aromatic rings. The first-order chi connectivity index (χ1) is 10.8. The number of hydrogen-bond donors (Lipinski definition) is 1. The normalized spacial score (nSPS) is 10.2. The number of nitrogens with one attached hydrogen (secondary N) is 1. The van der Waals surface area contributed by atoms with Crippen molar-refractivity contribution in [2.24, 2.45) is 0 Å². The molecule has 2 heterocycles. The average molecular weight is 299 g/mol. The van der Waals surface area contributed by atoms with Gasteiger partial charge in [0.2, 0.25) is 0 Å². The van der Waals surface area contributed by atoms with Crippen molar-refractivity contribution in [3.05, 3.63) is 42.6 Å². The van der Waals surface area contributed by atoms with Gasteiger partial charge in [-0.25, -0.2) is 9.97 Å². The van der Waals surface area contributed by atoms with Crippen molar-refractivity contribution in [2.45, 2.75) is 32.8 Å². The Morgan fingerprint density at radius 2 is 2.27 bits per heavy atom. The molecule has 0 amide bonds. The van der Waals surface area contributed by atoms with Crippen molar-refractivity contribution < 1.29 is 4.74 Å². The van der Waals surface area contributed by atoms with Crippen LogP contribution >= 0.6 is 0 Å². The van der Waals surface area contributed by atoms with E-state index in [1.165, 1.54) is 12.8 Å². The van der Waals surface area contributed by atoms with Crippen LogP contribution in [0.3, 0.4) is 0 Å². The molecular formula is C16H21N5O. The minimum Gasteiger partial charge on any atom is -0.482 e. The van der Waals surface area contributed by atoms with Gasteiger partial charge in [0.15, 0.2) is 17.4 Å². The number of ether oxygens (including phenoxy) is 1. The Kier molecular flexibility index (Phi) is 6.29. The lowest BCUT2D eigenvalue weighted by Gasteiger charge is -2.12. The second-order valence-electron chi connectivity index (χ2n) is 4.78. The average Bonchev–Trinajstić information content (AvgIpc) is 2.58. The zero-order chi connectivity index (χ0) is 15.6. The quantitative estimate of drug-likeness (QED) is 0.717. The fourth-order valence-corrected chi connectivity index (χ4v) is 1.86. The molecule has 0 bridgehead atoms. The molecule has 2 aromatic heterocycles. The van der Waals surface area contributed by atoms with Gasteiger partial charge in [-0.1, -0.05) is 26.3 Å². The van der Waals surface area contributed by atoms with Gasteiger partial charge in [-0.3, -0.25) is 0 Å². The topological polar surface area (TPSA) is 72.8 Å². The molecule has 0 aliphatic heterocycles. The van der Waals surface area contributed by atoms with Crippen LogP contribution in [0.5, 0.6) is 5.75 Å². The van der Waals surface area contributed by atoms with Crippen LogP contribution in [0.25, 0.3) is 6.08 Å². The van der Waals surface area contributed by atoms with E-state index in [-0.39, 0.29) is 0 Å². The van der Waals surface area contributed by atoms with Crippen LogP contribution in [0.15, 0.2) is 31.1 Å². The lowest BCUT2D eigenvalue weighted by molar-refractivity contribution is 0.299. The number of hydrogen-bond acceptors (Lipinski definition) is 6. The fraction of sp³-hybridized carbons (Fsp3) is 0.375. The predicted molar refractivity (Wildman–Crippen MR) is 86.5 cm³/mol. The van der Waals surface area contributed by atoms with E-state index in [0.717, 1.165) is 18.7 Å². The molecule has 22 heavy (non-hydrogen) atoms. The Bertz CT molecular complexity index is 588. The highest BCUT2D eigenvalue weighted by atomic mass is 16.5. The van der Waals surface area contributed by atoms with Gasteiger partial charge in [-0.05, 0) is 24.6 Å². The van der Waals surface area contributed by atoms with Crippen molar-refractivity contribution in [2.75, 3.05) is 11.9 Å². The summed E-state index contributed by atoms with van der Waals surface area (Å²) in [4.78, 5) is 8.58. The van der Waals surface area contributed by atoms with E-state index in [1.807, 2.05) is 12.1 Å². The van der Waals surface area contributed by atoms with Crippen molar-refractivity contribution in [1.29, 1.82) is 0 Å². The van der Waals surface area contributed by atoms with E-state index in [1.54, 1.807) is 18.5 Å². The van der Waals surface area contributed by atoms with Crippen LogP contribution in [0.1, 0.15) is 37.7 Å². The number of unbranched alkanes of at least 4 members (excludes halogenated alkanes) is 2. The molecular weight excluding hydrogens is 278 g/mol. The fourth-order valence-electron chi connectivity index (χ4n) is 1.86. The Balaban J connectivity index is 2.03. The number of anilines is 1. The standard InChI is InChI=1S/C16H21N5O/c1-3-5-6-9-17-16-14(11-18-15(4-2)20-16)22-12-13-8-7-10-19-21-13/h4,7-8,10-11H,2-3,5-6,9,12H2,1H3,(H,17,18,20). The smallest absolute Gasteiger partial charge is 0.180 e. The molecule has 0 fully saturated rings. The van der Waals surface area contributed by atoms with Crippen LogP contribution in [0.2, 0.25) is 0 Å². The van der Waals surface area contributed by atoms with Crippen molar-refractivity contribution in [3.63, 3.8) is 0 Å². The Labute approximate surface area is 130 Å². The summed E-state index contributed by atoms with van der Waals surface area (Å²) in [6.07, 6.45) is 8.35. The van der Waals surface area contributed by atoms with Crippen molar-refractivity contribution in [1.82, 2.24) is 20.2 Å². The van der Waals surface area contributed by atoms with E-state index < -0.39 is 0 Å². The zero-order valence-electron chi connectivity index (χ0n) is 12.8. The van der Waals surface area contributed by atoms with Crippen LogP contribution in [-0.4, -0.2) is 26.7 Å². The minimum absolute atomic E-state index is 0.328. The molecule has 6 nitrogen and oxygen atoms in total. The van der Waals surface area contributed by atoms with Crippen LogP contribution < -0.4 is 10.1 Å². The highest BCUT2D eigenvalue weighted by molar-refractivity contribution is 5.52. The number of aromatic nitrogens is 4. The van der Waals surface area contributed by atoms with E-state index in [0.29, 0.717) is 24.0 Å². The maximum absolute atomic E-state index is 5.76. The van der Waals surface area contributed by atoms with Gasteiger partial charge >= 0.3 is 0 Å². The molecule has 6 heteroatoms. The van der Waals surface area contributed by atoms with E-state index in [9.17, 15) is 0 Å². The van der Waals surface area contributed by atoms with Crippen molar-refractivity contribution >= 4 is 11.9 Å². The molecule has 116 valence electrons. The van der Waals surface area contributed by atoms with Crippen LogP contribution in [0, 0.1) is 0 Å². The van der Waals surface area contributed by atoms with E-state index in [2.05, 4.69) is 39.0 Å². The molecule has 0 radical (unpaired) electrons. The lowest BCUT2D eigenvalue weighted by Crippen LogP contribution is -2.08. The van der Waals surface area contributed by atoms with Gasteiger partial charge < -0.3 is 10.1 Å². The van der Waals surface area contributed by atoms with Gasteiger partial charge in [0.1, 0.15) is 12.3 Å². The maximum Gasteiger partial charge on any atom is 0.180 e. The molecule has 0 aromatic carbocycles. The number of nitrogens with zero attached hydrogens (tertiary/aromatic N) is 4. The monoisotopic (exact) mass is 299 g/mol. The predicted octanol–water partition coefficient (Wildman–Crippen LogP) is 3.09. The van der Waals surface area contributed by atoms with E-state index >= 15 is 0 Å². The molecule has 0 saturated carbocycles.